The van der Waals surface area contributed by atoms with Crippen molar-refractivity contribution in [3.63, 3.8) is 0 Å². The highest BCUT2D eigenvalue weighted by Crippen LogP contribution is 2.63. The highest BCUT2D eigenvalue weighted by atomic mass is 19.4. The van der Waals surface area contributed by atoms with Crippen molar-refractivity contribution in [2.24, 2.45) is 0 Å². The van der Waals surface area contributed by atoms with Gasteiger partial charge in [-0.15, -0.1) is 0 Å². The predicted octanol–water partition coefficient (Wildman–Crippen LogP) is 12.3. The summed E-state index contributed by atoms with van der Waals surface area (Å²) >= 11 is 0. The van der Waals surface area contributed by atoms with Crippen LogP contribution in [-0.2, 0) is 37.1 Å². The maximum absolute atomic E-state index is 15.8. The lowest BCUT2D eigenvalue weighted by atomic mass is 9.81. The van der Waals surface area contributed by atoms with Gasteiger partial charge in [-0.25, -0.2) is 0 Å². The Kier molecular flexibility index (Phi) is 10.6. The van der Waals surface area contributed by atoms with Crippen LogP contribution in [0.15, 0.2) is 47.5 Å². The summed E-state index contributed by atoms with van der Waals surface area (Å²) in [5.41, 5.74) is -41.7. The van der Waals surface area contributed by atoms with Crippen LogP contribution in [0.2, 0.25) is 0 Å². The molecule has 0 N–H and O–H groups in total. The molecular formula is C38H6F18N6. The number of benzene rings is 3. The molecule has 0 heterocycles. The van der Waals surface area contributed by atoms with Crippen LogP contribution in [0.5, 0.6) is 0 Å². The Labute approximate surface area is 331 Å². The van der Waals surface area contributed by atoms with Gasteiger partial charge in [0.25, 0.3) is 0 Å². The molecule has 0 bridgehead atoms. The second-order valence-electron chi connectivity index (χ2n) is 12.5. The first-order valence-corrected chi connectivity index (χ1v) is 15.7. The lowest BCUT2D eigenvalue weighted by molar-refractivity contribution is -0.144. The van der Waals surface area contributed by atoms with Crippen LogP contribution in [0.4, 0.5) is 79.0 Å². The first kappa shape index (κ1) is 45.4. The van der Waals surface area contributed by atoms with E-state index in [0.29, 0.717) is 0 Å². The van der Waals surface area contributed by atoms with Crippen LogP contribution in [-0.4, -0.2) is 0 Å². The van der Waals surface area contributed by atoms with E-state index in [2.05, 4.69) is 0 Å². The third kappa shape index (κ3) is 7.41. The smallest absolute Gasteiger partial charge is 0.192 e. The summed E-state index contributed by atoms with van der Waals surface area (Å²) in [4.78, 5) is 0. The Balaban J connectivity index is 2.25. The standard InChI is InChI=1S/C38H6F18N6/c39-33(40,41)17-1-13(2-18(5-17)34(42,43)44)23-21(11-61)27-29(25(23)15(7-57)8-58)32(38(54,55)56)30-26(16(9-59)10-60)24(22(12-62)28(30)31(27)37(51,52)53)14-3-19(35(45,46)47)6-20(4-14)36(48,49)50/h1-6H. The molecule has 0 amide bonds. The summed E-state index contributed by atoms with van der Waals surface area (Å²) in [6.45, 7) is 0. The van der Waals surface area contributed by atoms with E-state index in [0.717, 1.165) is 36.4 Å². The highest BCUT2D eigenvalue weighted by molar-refractivity contribution is 6.31. The number of hydrogen-bond donors (Lipinski definition) is 0. The number of allylic oxidation sites excluding steroid dienone is 8. The molecule has 3 aromatic rings. The Morgan fingerprint density at radius 3 is 0.774 bits per heavy atom. The van der Waals surface area contributed by atoms with Crippen molar-refractivity contribution in [2.45, 2.75) is 37.1 Å². The Hall–Kier alpha value is -7.70. The van der Waals surface area contributed by atoms with Crippen LogP contribution in [0, 0.1) is 68.0 Å². The number of nitriles is 6. The van der Waals surface area contributed by atoms with Gasteiger partial charge in [-0.3, -0.25) is 0 Å². The molecule has 0 radical (unpaired) electrons. The van der Waals surface area contributed by atoms with Crippen molar-refractivity contribution in [1.82, 2.24) is 0 Å². The third-order valence-electron chi connectivity index (χ3n) is 8.99. The van der Waals surface area contributed by atoms with Crippen molar-refractivity contribution in [1.29, 1.82) is 31.6 Å². The van der Waals surface area contributed by atoms with Crippen molar-refractivity contribution in [3.8, 4) is 36.4 Å². The minimum atomic E-state index is -6.37. The first-order chi connectivity index (χ1) is 28.3. The zero-order valence-corrected chi connectivity index (χ0v) is 29.0. The van der Waals surface area contributed by atoms with Crippen LogP contribution in [0.1, 0.15) is 66.8 Å². The minimum Gasteiger partial charge on any atom is -0.192 e. The first-order valence-electron chi connectivity index (χ1n) is 15.7. The second-order valence-corrected chi connectivity index (χ2v) is 12.5. The summed E-state index contributed by atoms with van der Waals surface area (Å²) < 4.78 is 262. The quantitative estimate of drug-likeness (QED) is 0.185. The zero-order valence-electron chi connectivity index (χ0n) is 29.0. The summed E-state index contributed by atoms with van der Waals surface area (Å²) in [7, 11) is 0. The fraction of sp³-hybridized carbons (Fsp3) is 0.158. The van der Waals surface area contributed by atoms with Gasteiger partial charge in [-0.1, -0.05) is 0 Å². The molecule has 0 spiro atoms. The molecule has 2 aliphatic carbocycles. The van der Waals surface area contributed by atoms with Crippen LogP contribution >= 0.6 is 0 Å². The van der Waals surface area contributed by atoms with Crippen LogP contribution in [0.3, 0.4) is 0 Å². The number of alkyl halides is 18. The van der Waals surface area contributed by atoms with Gasteiger partial charge in [0.15, 0.2) is 0 Å². The number of halogens is 18. The van der Waals surface area contributed by atoms with E-state index >= 15 is 26.3 Å². The molecule has 0 saturated carbocycles. The van der Waals surface area contributed by atoms with Gasteiger partial charge in [0.2, 0.25) is 0 Å². The summed E-state index contributed by atoms with van der Waals surface area (Å²) in [5.74, 6) is 0. The van der Waals surface area contributed by atoms with Gasteiger partial charge in [0.05, 0.1) is 44.5 Å². The van der Waals surface area contributed by atoms with Gasteiger partial charge in [-0.2, -0.15) is 111 Å². The number of rotatable bonds is 2. The van der Waals surface area contributed by atoms with Gasteiger partial charge < -0.3 is 0 Å². The Bertz CT molecular complexity index is 2640. The molecule has 62 heavy (non-hydrogen) atoms. The monoisotopic (exact) mass is 888 g/mol. The largest absolute Gasteiger partial charge is 0.417 e. The van der Waals surface area contributed by atoms with Gasteiger partial charge in [-0.05, 0) is 47.5 Å². The molecule has 2 aliphatic rings. The molecule has 0 saturated heterocycles. The van der Waals surface area contributed by atoms with E-state index in [-0.39, 0.29) is 24.3 Å². The average molecular weight is 888 g/mol. The molecule has 0 aromatic heterocycles. The average Bonchev–Trinajstić information content (AvgIpc) is 3.65. The van der Waals surface area contributed by atoms with E-state index in [1.54, 1.807) is 0 Å². The molecule has 0 aliphatic heterocycles. The van der Waals surface area contributed by atoms with Crippen molar-refractivity contribution < 1.29 is 79.0 Å². The maximum atomic E-state index is 15.8. The topological polar surface area (TPSA) is 143 Å². The van der Waals surface area contributed by atoms with E-state index in [9.17, 15) is 84.3 Å². The highest BCUT2D eigenvalue weighted by Gasteiger charge is 2.54. The summed E-state index contributed by atoms with van der Waals surface area (Å²) in [5, 5.41) is 60.0. The fourth-order valence-electron chi connectivity index (χ4n) is 6.84. The molecule has 24 heteroatoms. The fourth-order valence-corrected chi connectivity index (χ4v) is 6.84. The van der Waals surface area contributed by atoms with Crippen molar-refractivity contribution in [2.75, 3.05) is 0 Å². The van der Waals surface area contributed by atoms with E-state index in [1.807, 2.05) is 0 Å². The normalized spacial score (nSPS) is 14.3. The number of hydrogen-bond acceptors (Lipinski definition) is 6. The molecule has 3 aromatic carbocycles. The van der Waals surface area contributed by atoms with Crippen molar-refractivity contribution in [3.05, 3.63) is 114 Å². The molecule has 5 rings (SSSR count). The van der Waals surface area contributed by atoms with E-state index in [1.165, 1.54) is 0 Å². The minimum absolute atomic E-state index is 0.298. The molecular weight excluding hydrogens is 882 g/mol. The lowest BCUT2D eigenvalue weighted by Gasteiger charge is -2.24. The van der Waals surface area contributed by atoms with Crippen LogP contribution < -0.4 is 0 Å². The summed E-state index contributed by atoms with van der Waals surface area (Å²) in [6, 6.07) is 3.18. The number of fused-ring (bicyclic) bond motifs is 2. The lowest BCUT2D eigenvalue weighted by Crippen LogP contribution is -2.20. The van der Waals surface area contributed by atoms with Crippen molar-refractivity contribution >= 4 is 33.4 Å². The SMILES string of the molecule is N#CC(C#N)=C1C(c2cc(C(F)(F)F)cc(C(F)(F)F)c2)=C(C#N)c2c1c(C(F)(F)F)c1c(c2C(F)(F)F)C(C#N)=C(c2cc(C(F)(F)F)cc(C(F)(F)F)c2)C1=C(C#N)C#N. The molecule has 314 valence electrons. The number of nitrogens with zero attached hydrogens (tertiary/aromatic N) is 6. The molecule has 0 unspecified atom stereocenters. The Morgan fingerprint density at radius 2 is 0.581 bits per heavy atom. The van der Waals surface area contributed by atoms with Crippen LogP contribution in [0.25, 0.3) is 33.4 Å². The van der Waals surface area contributed by atoms with E-state index < -0.39 is 161 Å². The molecule has 0 atom stereocenters. The Morgan fingerprint density at radius 1 is 0.339 bits per heavy atom. The summed E-state index contributed by atoms with van der Waals surface area (Å²) in [6.07, 6.45) is -35.9. The molecule has 0 fully saturated rings. The predicted molar refractivity (Wildman–Crippen MR) is 170 cm³/mol. The van der Waals surface area contributed by atoms with E-state index in [4.69, 9.17) is 0 Å². The van der Waals surface area contributed by atoms with Gasteiger partial charge >= 0.3 is 37.1 Å². The molecule has 6 nitrogen and oxygen atoms in total. The zero-order chi connectivity index (χ0) is 47.0. The maximum Gasteiger partial charge on any atom is 0.417 e. The second kappa shape index (κ2) is 14.5. The van der Waals surface area contributed by atoms with Gasteiger partial charge in [0, 0.05) is 44.5 Å². The third-order valence-corrected chi connectivity index (χ3v) is 8.99. The van der Waals surface area contributed by atoms with Gasteiger partial charge in [0.1, 0.15) is 47.6 Å².